The lowest BCUT2D eigenvalue weighted by Crippen LogP contribution is -2.24. The second kappa shape index (κ2) is 11.5. The Morgan fingerprint density at radius 2 is 1.56 bits per heavy atom. The molecule has 0 saturated carbocycles. The molecule has 4 heteroatoms. The maximum atomic E-state index is 11.3. The second-order valence-electron chi connectivity index (χ2n) is 6.18. The van der Waals surface area contributed by atoms with Gasteiger partial charge in [0.05, 0.1) is 0 Å². The molecule has 0 aromatic heterocycles. The van der Waals surface area contributed by atoms with Crippen LogP contribution in [-0.2, 0) is 25.5 Å². The first-order valence-electron chi connectivity index (χ1n) is 9.10. The Hall–Kier alpha value is -2.10. The molecule has 0 saturated heterocycles. The Labute approximate surface area is 151 Å². The van der Waals surface area contributed by atoms with Gasteiger partial charge in [-0.15, -0.1) is 0 Å². The van der Waals surface area contributed by atoms with Crippen molar-refractivity contribution in [2.75, 3.05) is 0 Å². The summed E-state index contributed by atoms with van der Waals surface area (Å²) in [5, 5.41) is 0. The summed E-state index contributed by atoms with van der Waals surface area (Å²) in [6, 6.07) is 8.34. The van der Waals surface area contributed by atoms with E-state index >= 15 is 0 Å². The van der Waals surface area contributed by atoms with Crippen molar-refractivity contribution in [1.29, 1.82) is 0 Å². The molecule has 0 aliphatic heterocycles. The van der Waals surface area contributed by atoms with Gasteiger partial charge in [0.25, 0.3) is 6.29 Å². The van der Waals surface area contributed by atoms with Crippen LogP contribution in [0.1, 0.15) is 70.9 Å². The second-order valence-corrected chi connectivity index (χ2v) is 6.18. The average Bonchev–Trinajstić information content (AvgIpc) is 2.56. The van der Waals surface area contributed by atoms with Gasteiger partial charge >= 0.3 is 11.9 Å². The van der Waals surface area contributed by atoms with E-state index < -0.39 is 18.2 Å². The SMILES string of the molecule is CCCCCCc1ccc(/C=C(\CC)C(OC(C)=O)OC(C)=O)cc1. The van der Waals surface area contributed by atoms with Crippen LogP contribution >= 0.6 is 0 Å². The maximum Gasteiger partial charge on any atom is 0.305 e. The predicted octanol–water partition coefficient (Wildman–Crippen LogP) is 5.06. The number of unbranched alkanes of at least 4 members (excludes halogenated alkanes) is 3. The number of hydrogen-bond donors (Lipinski definition) is 0. The van der Waals surface area contributed by atoms with E-state index in [0.717, 1.165) is 17.6 Å². The molecule has 0 aliphatic carbocycles. The predicted molar refractivity (Wildman–Crippen MR) is 99.9 cm³/mol. The van der Waals surface area contributed by atoms with Crippen molar-refractivity contribution in [3.63, 3.8) is 0 Å². The summed E-state index contributed by atoms with van der Waals surface area (Å²) >= 11 is 0. The lowest BCUT2D eigenvalue weighted by Gasteiger charge is -2.19. The van der Waals surface area contributed by atoms with Crippen LogP contribution in [0.4, 0.5) is 0 Å². The number of carbonyl (C=O) groups excluding carboxylic acids is 2. The van der Waals surface area contributed by atoms with E-state index in [1.165, 1.54) is 45.1 Å². The van der Waals surface area contributed by atoms with Crippen molar-refractivity contribution in [2.45, 2.75) is 72.5 Å². The molecule has 0 radical (unpaired) electrons. The number of rotatable bonds is 10. The highest BCUT2D eigenvalue weighted by molar-refractivity contribution is 5.69. The van der Waals surface area contributed by atoms with Gasteiger partial charge in [-0.25, -0.2) is 0 Å². The summed E-state index contributed by atoms with van der Waals surface area (Å²) in [5.41, 5.74) is 3.07. The number of aryl methyl sites for hydroxylation is 1. The van der Waals surface area contributed by atoms with Gasteiger partial charge in [0, 0.05) is 19.4 Å². The minimum atomic E-state index is -0.964. The molecule has 1 rings (SSSR count). The minimum Gasteiger partial charge on any atom is -0.421 e. The number of carbonyl (C=O) groups is 2. The molecule has 0 heterocycles. The molecule has 138 valence electrons. The molecule has 0 N–H and O–H groups in total. The van der Waals surface area contributed by atoms with Gasteiger partial charge in [0.1, 0.15) is 0 Å². The number of esters is 2. The van der Waals surface area contributed by atoms with Crippen LogP contribution in [-0.4, -0.2) is 18.2 Å². The largest absolute Gasteiger partial charge is 0.421 e. The van der Waals surface area contributed by atoms with E-state index in [4.69, 9.17) is 9.47 Å². The van der Waals surface area contributed by atoms with Crippen molar-refractivity contribution < 1.29 is 19.1 Å². The third-order valence-electron chi connectivity index (χ3n) is 3.91. The van der Waals surface area contributed by atoms with Gasteiger partial charge in [-0.2, -0.15) is 0 Å². The molecular formula is C21H30O4. The van der Waals surface area contributed by atoms with Gasteiger partial charge in [-0.1, -0.05) is 57.4 Å². The van der Waals surface area contributed by atoms with Crippen LogP contribution in [0.3, 0.4) is 0 Å². The number of ether oxygens (including phenoxy) is 2. The quantitative estimate of drug-likeness (QED) is 0.338. The van der Waals surface area contributed by atoms with Crippen LogP contribution in [0.5, 0.6) is 0 Å². The third-order valence-corrected chi connectivity index (χ3v) is 3.91. The zero-order chi connectivity index (χ0) is 18.7. The van der Waals surface area contributed by atoms with Gasteiger partial charge in [0.15, 0.2) is 0 Å². The molecule has 0 bridgehead atoms. The van der Waals surface area contributed by atoms with Crippen molar-refractivity contribution in [2.24, 2.45) is 0 Å². The van der Waals surface area contributed by atoms with E-state index in [1.54, 1.807) is 0 Å². The first-order valence-corrected chi connectivity index (χ1v) is 9.10. The van der Waals surface area contributed by atoms with Crippen molar-refractivity contribution in [3.05, 3.63) is 41.0 Å². The molecule has 0 unspecified atom stereocenters. The zero-order valence-electron chi connectivity index (χ0n) is 15.8. The Bertz CT molecular complexity index is 556. The standard InChI is InChI=1S/C21H30O4/c1-5-7-8-9-10-18-11-13-19(14-12-18)15-20(6-2)21(24-16(3)22)25-17(4)23/h11-15,21H,5-10H2,1-4H3/b20-15+. The Kier molecular flexibility index (Phi) is 9.60. The first-order chi connectivity index (χ1) is 12.0. The van der Waals surface area contributed by atoms with E-state index in [9.17, 15) is 9.59 Å². The van der Waals surface area contributed by atoms with Crippen molar-refractivity contribution >= 4 is 18.0 Å². The lowest BCUT2D eigenvalue weighted by atomic mass is 10.0. The topological polar surface area (TPSA) is 52.6 Å². The molecule has 0 aliphatic rings. The lowest BCUT2D eigenvalue weighted by molar-refractivity contribution is -0.178. The van der Waals surface area contributed by atoms with E-state index in [2.05, 4.69) is 19.1 Å². The monoisotopic (exact) mass is 346 g/mol. The Balaban J connectivity index is 2.81. The Morgan fingerprint density at radius 3 is 2.04 bits per heavy atom. The molecule has 0 spiro atoms. The van der Waals surface area contributed by atoms with E-state index in [0.29, 0.717) is 6.42 Å². The fraction of sp³-hybridized carbons (Fsp3) is 0.524. The van der Waals surface area contributed by atoms with Crippen molar-refractivity contribution in [3.8, 4) is 0 Å². The summed E-state index contributed by atoms with van der Waals surface area (Å²) < 4.78 is 10.3. The molecule has 4 nitrogen and oxygen atoms in total. The number of benzene rings is 1. The normalized spacial score (nSPS) is 11.5. The highest BCUT2D eigenvalue weighted by Crippen LogP contribution is 2.19. The van der Waals surface area contributed by atoms with Gasteiger partial charge in [0.2, 0.25) is 0 Å². The smallest absolute Gasteiger partial charge is 0.305 e. The fourth-order valence-electron chi connectivity index (χ4n) is 2.56. The summed E-state index contributed by atoms with van der Waals surface area (Å²) in [5.74, 6) is -0.957. The molecular weight excluding hydrogens is 316 g/mol. The van der Waals surface area contributed by atoms with Gasteiger partial charge < -0.3 is 9.47 Å². The van der Waals surface area contributed by atoms with E-state index in [1.807, 2.05) is 25.1 Å². The van der Waals surface area contributed by atoms with Gasteiger partial charge in [-0.05, 0) is 36.5 Å². The molecule has 0 fully saturated rings. The summed E-state index contributed by atoms with van der Waals surface area (Å²) in [6.07, 6.45) is 7.67. The van der Waals surface area contributed by atoms with Crippen molar-refractivity contribution in [1.82, 2.24) is 0 Å². The first kappa shape index (κ1) is 20.9. The average molecular weight is 346 g/mol. The number of hydrogen-bond acceptors (Lipinski definition) is 4. The zero-order valence-corrected chi connectivity index (χ0v) is 15.8. The van der Waals surface area contributed by atoms with Crippen LogP contribution in [0.2, 0.25) is 0 Å². The van der Waals surface area contributed by atoms with Crippen LogP contribution < -0.4 is 0 Å². The summed E-state index contributed by atoms with van der Waals surface area (Å²) in [6.45, 7) is 6.76. The molecule has 1 aromatic rings. The summed E-state index contributed by atoms with van der Waals surface area (Å²) in [4.78, 5) is 22.5. The molecule has 25 heavy (non-hydrogen) atoms. The molecule has 0 amide bonds. The van der Waals surface area contributed by atoms with Crippen LogP contribution in [0, 0.1) is 0 Å². The van der Waals surface area contributed by atoms with Gasteiger partial charge in [-0.3, -0.25) is 9.59 Å². The minimum absolute atomic E-state index is 0.479. The summed E-state index contributed by atoms with van der Waals surface area (Å²) in [7, 11) is 0. The molecule has 1 aromatic carbocycles. The highest BCUT2D eigenvalue weighted by atomic mass is 16.7. The molecule has 0 atom stereocenters. The Morgan fingerprint density at radius 1 is 0.960 bits per heavy atom. The highest BCUT2D eigenvalue weighted by Gasteiger charge is 2.19. The van der Waals surface area contributed by atoms with Crippen LogP contribution in [0.15, 0.2) is 29.8 Å². The maximum absolute atomic E-state index is 11.3. The van der Waals surface area contributed by atoms with E-state index in [-0.39, 0.29) is 0 Å². The fourth-order valence-corrected chi connectivity index (χ4v) is 2.56. The third kappa shape index (κ3) is 8.52. The van der Waals surface area contributed by atoms with Crippen LogP contribution in [0.25, 0.3) is 6.08 Å².